The molecular weight excluding hydrogens is 672 g/mol. The number of hydrogen-bond donors (Lipinski definition) is 4. The van der Waals surface area contributed by atoms with Crippen LogP contribution in [0.15, 0.2) is 11.1 Å². The number of aliphatic hydroxyl groups excluding tert-OH is 1. The Morgan fingerprint density at radius 1 is 0.846 bits per heavy atom. The third-order valence-corrected chi connectivity index (χ3v) is 8.92. The maximum absolute atomic E-state index is 13.0. The predicted molar refractivity (Wildman–Crippen MR) is 198 cm³/mol. The molecule has 0 aliphatic carbocycles. The molecule has 2 aromatic rings. The van der Waals surface area contributed by atoms with Crippen LogP contribution in [-0.2, 0) is 33.3 Å². The van der Waals surface area contributed by atoms with Crippen molar-refractivity contribution in [1.82, 2.24) is 19.5 Å². The van der Waals surface area contributed by atoms with Gasteiger partial charge in [0.05, 0.1) is 39.2 Å². The Morgan fingerprint density at radius 2 is 1.40 bits per heavy atom. The summed E-state index contributed by atoms with van der Waals surface area (Å²) in [4.78, 5) is 60.7. The first-order chi connectivity index (χ1) is 25.1. The van der Waals surface area contributed by atoms with Gasteiger partial charge in [0.1, 0.15) is 12.6 Å². The summed E-state index contributed by atoms with van der Waals surface area (Å²) in [6, 6.07) is -0.843. The molecule has 2 rings (SSSR count). The average Bonchev–Trinajstić information content (AvgIpc) is 3.54. The van der Waals surface area contributed by atoms with Crippen LogP contribution in [0.1, 0.15) is 136 Å². The summed E-state index contributed by atoms with van der Waals surface area (Å²) in [6.07, 6.45) is 18.8. The normalized spacial score (nSPS) is 13.3. The molecule has 15 heteroatoms. The molecule has 6 N–H and O–H groups in total. The highest BCUT2D eigenvalue weighted by molar-refractivity contribution is 5.76. The Kier molecular flexibility index (Phi) is 22.5. The highest BCUT2D eigenvalue weighted by atomic mass is 16.6. The lowest BCUT2D eigenvalue weighted by Crippen LogP contribution is -2.38. The van der Waals surface area contributed by atoms with E-state index in [4.69, 9.17) is 30.4 Å². The topological polar surface area (TPSA) is 224 Å². The number of imidazole rings is 1. The molecule has 0 radical (unpaired) electrons. The lowest BCUT2D eigenvalue weighted by atomic mass is 10.0. The van der Waals surface area contributed by atoms with Gasteiger partial charge in [-0.2, -0.15) is 4.98 Å². The highest BCUT2D eigenvalue weighted by Gasteiger charge is 2.25. The number of carbonyl (C=O) groups is 3. The van der Waals surface area contributed by atoms with Gasteiger partial charge in [0, 0.05) is 12.3 Å². The Balaban J connectivity index is 1.79. The molecule has 0 saturated carbocycles. The maximum atomic E-state index is 13.0. The minimum Gasteiger partial charge on any atom is -0.465 e. The molecule has 0 aliphatic heterocycles. The van der Waals surface area contributed by atoms with Crippen molar-refractivity contribution in [3.8, 4) is 0 Å². The number of esters is 3. The zero-order valence-corrected chi connectivity index (χ0v) is 31.7. The van der Waals surface area contributed by atoms with Crippen molar-refractivity contribution in [3.05, 3.63) is 16.7 Å². The summed E-state index contributed by atoms with van der Waals surface area (Å²) in [6.45, 7) is 4.72. The van der Waals surface area contributed by atoms with Crippen molar-refractivity contribution < 1.29 is 38.4 Å². The van der Waals surface area contributed by atoms with Gasteiger partial charge in [-0.1, -0.05) is 111 Å². The quantitative estimate of drug-likeness (QED) is 0.0467. The van der Waals surface area contributed by atoms with Gasteiger partial charge in [-0.3, -0.25) is 28.7 Å². The lowest BCUT2D eigenvalue weighted by molar-refractivity contribution is -0.159. The van der Waals surface area contributed by atoms with E-state index in [1.54, 1.807) is 13.8 Å². The number of aromatic amines is 1. The van der Waals surface area contributed by atoms with Gasteiger partial charge in [0.25, 0.3) is 5.56 Å². The minimum absolute atomic E-state index is 0.00534. The summed E-state index contributed by atoms with van der Waals surface area (Å²) in [5.74, 6) is -2.67. The fourth-order valence-corrected chi connectivity index (χ4v) is 5.67. The van der Waals surface area contributed by atoms with E-state index in [-0.39, 0.29) is 74.9 Å². The number of nitrogen functional groups attached to an aromatic ring is 1. The van der Waals surface area contributed by atoms with Gasteiger partial charge in [-0.25, -0.2) is 4.98 Å². The number of H-pyrrole nitrogens is 1. The molecule has 0 bridgehead atoms. The number of nitrogens with two attached hydrogens (primary N) is 2. The van der Waals surface area contributed by atoms with Crippen molar-refractivity contribution >= 4 is 35.0 Å². The molecule has 0 aromatic carbocycles. The summed E-state index contributed by atoms with van der Waals surface area (Å²) >= 11 is 0. The van der Waals surface area contributed by atoms with Gasteiger partial charge in [-0.15, -0.1) is 0 Å². The molecule has 0 fully saturated rings. The smallest absolute Gasteiger partial charge is 0.323 e. The third kappa shape index (κ3) is 17.8. The third-order valence-electron chi connectivity index (χ3n) is 8.92. The van der Waals surface area contributed by atoms with E-state index in [9.17, 15) is 24.3 Å². The second-order valence-electron chi connectivity index (χ2n) is 13.9. The number of carbonyl (C=O) groups excluding carboxylic acids is 3. The first kappa shape index (κ1) is 44.6. The average molecular weight is 737 g/mol. The SMILES string of the molecule is CCCCCCCCCCCCCCCCCC(=O)OCC(COC(=O)[C@@H](N)C(C)C)CC(=O)OCC(OCCO)n1cnc2c(=O)[nH]c(N)nc21. The van der Waals surface area contributed by atoms with Crippen molar-refractivity contribution in [2.45, 2.75) is 142 Å². The van der Waals surface area contributed by atoms with Gasteiger partial charge in [0.2, 0.25) is 5.95 Å². The monoisotopic (exact) mass is 736 g/mol. The van der Waals surface area contributed by atoms with Crippen molar-refractivity contribution in [3.63, 3.8) is 0 Å². The Hall–Kier alpha value is -3.56. The number of ether oxygens (including phenoxy) is 4. The second-order valence-corrected chi connectivity index (χ2v) is 13.9. The maximum Gasteiger partial charge on any atom is 0.323 e. The van der Waals surface area contributed by atoms with E-state index in [1.807, 2.05) is 0 Å². The number of aromatic nitrogens is 4. The van der Waals surface area contributed by atoms with Gasteiger partial charge in [0.15, 0.2) is 17.4 Å². The Morgan fingerprint density at radius 3 is 1.98 bits per heavy atom. The van der Waals surface area contributed by atoms with Gasteiger partial charge >= 0.3 is 17.9 Å². The van der Waals surface area contributed by atoms with E-state index in [1.165, 1.54) is 81.5 Å². The first-order valence-corrected chi connectivity index (χ1v) is 19.3. The van der Waals surface area contributed by atoms with E-state index < -0.39 is 35.7 Å². The molecule has 0 aliphatic rings. The molecule has 2 unspecified atom stereocenters. The molecular formula is C37H64N6O9. The van der Waals surface area contributed by atoms with Crippen LogP contribution in [0.4, 0.5) is 5.95 Å². The number of hydrogen-bond acceptors (Lipinski definition) is 13. The molecule has 2 heterocycles. The van der Waals surface area contributed by atoms with Crippen LogP contribution in [0.2, 0.25) is 0 Å². The standard InChI is InChI=1S/C37H64N6O9/c1-4-5-6-7-8-9-10-11-12-13-14-15-16-17-18-19-30(45)50-23-28(24-52-36(48)32(38)27(2)3)22-31(46)51-25-29(49-21-20-44)43-26-40-33-34(43)41-37(39)42-35(33)47/h26-29,32,44H,4-25,38H2,1-3H3,(H3,39,41,42,47)/t28?,29?,32-/m0/s1. The van der Waals surface area contributed by atoms with Crippen molar-refractivity contribution in [2.75, 3.05) is 38.8 Å². The van der Waals surface area contributed by atoms with Gasteiger partial charge in [-0.05, 0) is 12.3 Å². The number of nitrogens with one attached hydrogen (secondary N) is 1. The first-order valence-electron chi connectivity index (χ1n) is 19.3. The van der Waals surface area contributed by atoms with Crippen LogP contribution >= 0.6 is 0 Å². The van der Waals surface area contributed by atoms with Crippen LogP contribution in [0, 0.1) is 11.8 Å². The summed E-state index contributed by atoms with van der Waals surface area (Å²) in [7, 11) is 0. The lowest BCUT2D eigenvalue weighted by Gasteiger charge is -2.21. The molecule has 0 amide bonds. The number of aliphatic hydroxyl groups is 1. The molecule has 15 nitrogen and oxygen atoms in total. The van der Waals surface area contributed by atoms with E-state index in [2.05, 4.69) is 21.9 Å². The fraction of sp³-hybridized carbons (Fsp3) is 0.784. The molecule has 0 saturated heterocycles. The number of fused-ring (bicyclic) bond motifs is 1. The number of nitrogens with zero attached hydrogens (tertiary/aromatic N) is 3. The van der Waals surface area contributed by atoms with E-state index in [0.29, 0.717) is 6.42 Å². The zero-order chi connectivity index (χ0) is 38.1. The van der Waals surface area contributed by atoms with E-state index >= 15 is 0 Å². The Bertz CT molecular complexity index is 1360. The van der Waals surface area contributed by atoms with E-state index in [0.717, 1.165) is 19.3 Å². The van der Waals surface area contributed by atoms with Crippen LogP contribution in [0.3, 0.4) is 0 Å². The van der Waals surface area contributed by atoms with Crippen LogP contribution in [-0.4, -0.2) is 81.6 Å². The molecule has 296 valence electrons. The number of anilines is 1. The molecule has 0 spiro atoms. The summed E-state index contributed by atoms with van der Waals surface area (Å²) in [5.41, 5.74) is 11.2. The highest BCUT2D eigenvalue weighted by Crippen LogP contribution is 2.18. The van der Waals surface area contributed by atoms with Crippen molar-refractivity contribution in [2.24, 2.45) is 17.6 Å². The minimum atomic E-state index is -0.997. The summed E-state index contributed by atoms with van der Waals surface area (Å²) < 4.78 is 23.4. The molecule has 3 atom stereocenters. The Labute approximate surface area is 307 Å². The largest absolute Gasteiger partial charge is 0.465 e. The van der Waals surface area contributed by atoms with Crippen LogP contribution < -0.4 is 17.0 Å². The number of rotatable bonds is 30. The van der Waals surface area contributed by atoms with Gasteiger partial charge < -0.3 is 35.5 Å². The molecule has 52 heavy (non-hydrogen) atoms. The zero-order valence-electron chi connectivity index (χ0n) is 31.7. The van der Waals surface area contributed by atoms with Crippen LogP contribution in [0.5, 0.6) is 0 Å². The summed E-state index contributed by atoms with van der Waals surface area (Å²) in [5, 5.41) is 9.32. The molecule has 2 aromatic heterocycles. The van der Waals surface area contributed by atoms with Crippen molar-refractivity contribution in [1.29, 1.82) is 0 Å². The second kappa shape index (κ2) is 26.2. The predicted octanol–water partition coefficient (Wildman–Crippen LogP) is 5.09. The van der Waals surface area contributed by atoms with Crippen LogP contribution in [0.25, 0.3) is 11.2 Å². The number of unbranched alkanes of at least 4 members (excludes halogenated alkanes) is 14. The fourth-order valence-electron chi connectivity index (χ4n) is 5.67.